The smallest absolute Gasteiger partial charge is 0.414 e. The number of hydrogen-bond acceptors (Lipinski definition) is 10. The zero-order valence-corrected chi connectivity index (χ0v) is 25.2. The molecule has 2 saturated heterocycles. The lowest BCUT2D eigenvalue weighted by molar-refractivity contribution is -0.129. The molecule has 15 heteroatoms. The van der Waals surface area contributed by atoms with Crippen molar-refractivity contribution in [3.05, 3.63) is 45.4 Å². The number of thiophene rings is 1. The summed E-state index contributed by atoms with van der Waals surface area (Å²) in [5, 5.41) is 0.0145. The quantitative estimate of drug-likeness (QED) is 0.268. The molecular formula is C27H30ClFN4O7S2. The van der Waals surface area contributed by atoms with Gasteiger partial charge in [0.2, 0.25) is 11.0 Å². The molecule has 42 heavy (non-hydrogen) atoms. The van der Waals surface area contributed by atoms with Gasteiger partial charge in [0.15, 0.2) is 0 Å². The van der Waals surface area contributed by atoms with Gasteiger partial charge in [-0.3, -0.25) is 33.7 Å². The van der Waals surface area contributed by atoms with Crippen LogP contribution in [0.5, 0.6) is 0 Å². The van der Waals surface area contributed by atoms with E-state index in [1.165, 1.54) is 29.2 Å². The highest BCUT2D eigenvalue weighted by atomic mass is 35.5. The van der Waals surface area contributed by atoms with Gasteiger partial charge in [0, 0.05) is 31.6 Å². The number of anilines is 2. The van der Waals surface area contributed by atoms with E-state index in [0.717, 1.165) is 33.1 Å². The van der Waals surface area contributed by atoms with Gasteiger partial charge < -0.3 is 14.4 Å². The molecule has 2 aromatic rings. The molecule has 0 bridgehead atoms. The third-order valence-electron chi connectivity index (χ3n) is 6.50. The van der Waals surface area contributed by atoms with Crippen LogP contribution in [0.25, 0.3) is 0 Å². The van der Waals surface area contributed by atoms with Gasteiger partial charge in [-0.15, -0.1) is 11.3 Å². The van der Waals surface area contributed by atoms with E-state index >= 15 is 4.39 Å². The highest BCUT2D eigenvalue weighted by Gasteiger charge is 2.37. The molecular weight excluding hydrogens is 611 g/mol. The minimum Gasteiger partial charge on any atom is -0.442 e. The molecule has 4 rings (SSSR count). The van der Waals surface area contributed by atoms with E-state index in [2.05, 4.69) is 4.72 Å². The summed E-state index contributed by atoms with van der Waals surface area (Å²) >= 11 is 8.05. The number of morpholine rings is 1. The third kappa shape index (κ3) is 8.07. The molecule has 2 aliphatic heterocycles. The summed E-state index contributed by atoms with van der Waals surface area (Å²) < 4.78 is 29.0. The van der Waals surface area contributed by atoms with Crippen LogP contribution in [0.2, 0.25) is 4.34 Å². The van der Waals surface area contributed by atoms with Crippen LogP contribution in [-0.2, 0) is 23.9 Å². The second kappa shape index (κ2) is 14.9. The molecule has 0 saturated carbocycles. The topological polar surface area (TPSA) is 126 Å². The molecule has 0 spiro atoms. The van der Waals surface area contributed by atoms with Gasteiger partial charge in [-0.1, -0.05) is 18.5 Å². The number of carbonyl (C=O) groups excluding carboxylic acids is 5. The molecule has 0 radical (unpaired) electrons. The first kappa shape index (κ1) is 31.9. The Labute approximate surface area is 255 Å². The summed E-state index contributed by atoms with van der Waals surface area (Å²) in [6.07, 6.45) is -0.199. The Morgan fingerprint density at radius 1 is 1.19 bits per heavy atom. The van der Waals surface area contributed by atoms with Crippen LogP contribution in [0, 0.1) is 5.82 Å². The summed E-state index contributed by atoms with van der Waals surface area (Å²) in [4.78, 5) is 66.5. The highest BCUT2D eigenvalue weighted by Crippen LogP contribution is 2.30. The average molecular weight is 641 g/mol. The molecule has 11 nitrogen and oxygen atoms in total. The Kier molecular flexibility index (Phi) is 11.3. The maximum Gasteiger partial charge on any atom is 0.414 e. The molecule has 2 fully saturated rings. The number of carbonyl (C=O) groups is 5. The van der Waals surface area contributed by atoms with E-state index < -0.39 is 29.8 Å². The van der Waals surface area contributed by atoms with Crippen molar-refractivity contribution in [2.75, 3.05) is 49.2 Å². The number of imide groups is 1. The van der Waals surface area contributed by atoms with Crippen molar-refractivity contribution >= 4 is 75.2 Å². The zero-order chi connectivity index (χ0) is 30.2. The maximum atomic E-state index is 15.1. The van der Waals surface area contributed by atoms with Crippen LogP contribution >= 0.6 is 34.9 Å². The van der Waals surface area contributed by atoms with Crippen LogP contribution in [0.1, 0.15) is 42.3 Å². The molecule has 3 heterocycles. The van der Waals surface area contributed by atoms with Crippen molar-refractivity contribution in [1.82, 2.24) is 9.62 Å². The second-order valence-electron chi connectivity index (χ2n) is 9.44. The van der Waals surface area contributed by atoms with Crippen LogP contribution in [0.15, 0.2) is 30.3 Å². The van der Waals surface area contributed by atoms with Gasteiger partial charge in [0.05, 0.1) is 34.6 Å². The number of ether oxygens (including phenoxy) is 2. The van der Waals surface area contributed by atoms with Gasteiger partial charge in [-0.2, -0.15) is 0 Å². The molecule has 0 unspecified atom stereocenters. The largest absolute Gasteiger partial charge is 0.442 e. The second-order valence-corrected chi connectivity index (χ2v) is 12.1. The van der Waals surface area contributed by atoms with Gasteiger partial charge in [-0.25, -0.2) is 9.18 Å². The van der Waals surface area contributed by atoms with E-state index in [9.17, 15) is 24.0 Å². The van der Waals surface area contributed by atoms with E-state index in [-0.39, 0.29) is 54.2 Å². The number of hydrogen-bond donors (Lipinski definition) is 1. The Hall–Kier alpha value is -3.04. The number of cyclic esters (lactones) is 1. The normalized spacial score (nSPS) is 17.0. The van der Waals surface area contributed by atoms with Crippen molar-refractivity contribution in [2.24, 2.45) is 0 Å². The molecule has 2 aliphatic rings. The van der Waals surface area contributed by atoms with Gasteiger partial charge in [0.25, 0.3) is 11.8 Å². The number of nitrogens with zero attached hydrogens (tertiary/aromatic N) is 3. The standard InChI is InChI=1S/C27H30ClFN4O7S2/c1-2-25(36)42-30-10-4-3-5-23(34)33(26(37)21-8-9-22(28)41-21)15-18-14-32(27(38)40-18)20-7-6-17(13-19(20)29)31-11-12-39-16-24(31)35/h6-9,13,18,30H,2-5,10-12,14-16H2,1H3/t18-/m1/s1. The monoisotopic (exact) mass is 640 g/mol. The first-order valence-corrected chi connectivity index (χ1v) is 15.4. The maximum absolute atomic E-state index is 15.1. The van der Waals surface area contributed by atoms with Crippen molar-refractivity contribution in [3.63, 3.8) is 0 Å². The SMILES string of the molecule is CCC(=O)SNCCCCC(=O)N(C[C@H]1CN(c2ccc(N3CCOCC3=O)cc2F)C(=O)O1)C(=O)c1ccc(Cl)s1. The Balaban J connectivity index is 1.41. The molecule has 1 aromatic heterocycles. The van der Waals surface area contributed by atoms with E-state index in [1.807, 2.05) is 0 Å². The summed E-state index contributed by atoms with van der Waals surface area (Å²) in [6.45, 7) is 2.48. The summed E-state index contributed by atoms with van der Waals surface area (Å²) in [5.74, 6) is -2.05. The van der Waals surface area contributed by atoms with E-state index in [1.54, 1.807) is 13.0 Å². The lowest BCUT2D eigenvalue weighted by Gasteiger charge is -2.27. The molecule has 4 amide bonds. The summed E-state index contributed by atoms with van der Waals surface area (Å²) in [7, 11) is 0. The summed E-state index contributed by atoms with van der Waals surface area (Å²) in [5.41, 5.74) is 0.296. The number of unbranched alkanes of at least 4 members (excludes halogenated alkanes) is 1. The fraction of sp³-hybridized carbons (Fsp3) is 0.444. The number of halogens is 2. The highest BCUT2D eigenvalue weighted by molar-refractivity contribution is 8.11. The van der Waals surface area contributed by atoms with Crippen molar-refractivity contribution in [2.45, 2.75) is 38.7 Å². The third-order valence-corrected chi connectivity index (χ3v) is 8.59. The van der Waals surface area contributed by atoms with Crippen molar-refractivity contribution in [1.29, 1.82) is 0 Å². The van der Waals surface area contributed by atoms with Crippen LogP contribution in [-0.4, -0.2) is 79.3 Å². The van der Waals surface area contributed by atoms with Crippen molar-refractivity contribution in [3.8, 4) is 0 Å². The molecule has 1 aromatic carbocycles. The zero-order valence-electron chi connectivity index (χ0n) is 22.8. The Morgan fingerprint density at radius 2 is 2.00 bits per heavy atom. The van der Waals surface area contributed by atoms with Crippen molar-refractivity contribution < 1.29 is 37.8 Å². The predicted octanol–water partition coefficient (Wildman–Crippen LogP) is 4.24. The van der Waals surface area contributed by atoms with E-state index in [4.69, 9.17) is 21.1 Å². The average Bonchev–Trinajstić information content (AvgIpc) is 3.57. The minimum absolute atomic E-state index is 0.0145. The number of benzene rings is 1. The fourth-order valence-corrected chi connectivity index (χ4v) is 5.91. The van der Waals surface area contributed by atoms with Gasteiger partial charge in [-0.05, 0) is 55.1 Å². The Morgan fingerprint density at radius 3 is 2.69 bits per heavy atom. The molecule has 1 N–H and O–H groups in total. The molecule has 226 valence electrons. The van der Waals surface area contributed by atoms with Gasteiger partial charge in [0.1, 0.15) is 18.5 Å². The van der Waals surface area contributed by atoms with Crippen LogP contribution < -0.4 is 14.5 Å². The number of nitrogens with one attached hydrogen (secondary N) is 1. The van der Waals surface area contributed by atoms with E-state index in [0.29, 0.717) is 42.4 Å². The number of amides is 4. The lowest BCUT2D eigenvalue weighted by Crippen LogP contribution is -2.43. The Bertz CT molecular complexity index is 1340. The predicted molar refractivity (Wildman–Crippen MR) is 157 cm³/mol. The minimum atomic E-state index is -0.904. The first-order chi connectivity index (χ1) is 20.2. The first-order valence-electron chi connectivity index (χ1n) is 13.4. The van der Waals surface area contributed by atoms with Gasteiger partial charge >= 0.3 is 6.09 Å². The number of rotatable bonds is 12. The van der Waals surface area contributed by atoms with Crippen LogP contribution in [0.3, 0.4) is 0 Å². The fourth-order valence-electron chi connectivity index (χ4n) is 4.36. The lowest BCUT2D eigenvalue weighted by atomic mass is 10.2. The molecule has 1 atom stereocenters. The van der Waals surface area contributed by atoms with Crippen LogP contribution in [0.4, 0.5) is 20.6 Å². The summed E-state index contributed by atoms with van der Waals surface area (Å²) in [6, 6.07) is 7.17. The molecule has 0 aliphatic carbocycles.